The Kier molecular flexibility index (Phi) is 3.96. The highest BCUT2D eigenvalue weighted by atomic mass is 15.2. The molecule has 4 nitrogen and oxygen atoms in total. The van der Waals surface area contributed by atoms with Crippen LogP contribution >= 0.6 is 0 Å². The number of hydrogen-bond acceptors (Lipinski definition) is 3. The smallest absolute Gasteiger partial charge is 0.0656 e. The van der Waals surface area contributed by atoms with Crippen LogP contribution in [0.15, 0.2) is 12.3 Å². The molecular formula is C12H22N4. The van der Waals surface area contributed by atoms with E-state index in [0.717, 1.165) is 19.5 Å². The van der Waals surface area contributed by atoms with Crippen molar-refractivity contribution >= 4 is 0 Å². The quantitative estimate of drug-likeness (QED) is 0.825. The van der Waals surface area contributed by atoms with Crippen molar-refractivity contribution in [1.29, 1.82) is 0 Å². The minimum atomic E-state index is 0.662. The molecule has 1 aromatic heterocycles. The first-order valence-electron chi connectivity index (χ1n) is 6.21. The molecule has 2 rings (SSSR count). The highest BCUT2D eigenvalue weighted by Crippen LogP contribution is 2.26. The van der Waals surface area contributed by atoms with Crippen LogP contribution in [0.1, 0.15) is 30.9 Å². The van der Waals surface area contributed by atoms with Gasteiger partial charge in [-0.25, -0.2) is 0 Å². The molecule has 16 heavy (non-hydrogen) atoms. The Bertz CT molecular complexity index is 313. The highest BCUT2D eigenvalue weighted by Gasteiger charge is 2.21. The first kappa shape index (κ1) is 11.6. The number of likely N-dealkylation sites (tertiary alicyclic amines) is 1. The lowest BCUT2D eigenvalue weighted by atomic mass is 9.93. The summed E-state index contributed by atoms with van der Waals surface area (Å²) in [4.78, 5) is 2.52. The zero-order valence-electron chi connectivity index (χ0n) is 10.1. The Hall–Kier alpha value is -0.870. The molecule has 0 amide bonds. The van der Waals surface area contributed by atoms with E-state index < -0.39 is 0 Å². The molecular weight excluding hydrogens is 200 g/mol. The maximum Gasteiger partial charge on any atom is 0.0656 e. The second kappa shape index (κ2) is 5.46. The van der Waals surface area contributed by atoms with Crippen molar-refractivity contribution in [3.63, 3.8) is 0 Å². The Morgan fingerprint density at radius 3 is 2.75 bits per heavy atom. The van der Waals surface area contributed by atoms with Gasteiger partial charge in [0.25, 0.3) is 0 Å². The molecule has 2 N–H and O–H groups in total. The van der Waals surface area contributed by atoms with Gasteiger partial charge < -0.3 is 10.6 Å². The van der Waals surface area contributed by atoms with Gasteiger partial charge in [-0.2, -0.15) is 5.10 Å². The molecule has 4 heteroatoms. The summed E-state index contributed by atoms with van der Waals surface area (Å²) in [7, 11) is 1.99. The standard InChI is InChI=1S/C12H22N4/c1-15-8-5-12(14-15)11-3-9-16(10-4-11)7-2-6-13/h5,8,11H,2-4,6-7,9-10,13H2,1H3. The molecule has 1 aliphatic rings. The summed E-state index contributed by atoms with van der Waals surface area (Å²) < 4.78 is 1.90. The highest BCUT2D eigenvalue weighted by molar-refractivity contribution is 5.07. The second-order valence-electron chi connectivity index (χ2n) is 4.67. The second-order valence-corrected chi connectivity index (χ2v) is 4.67. The molecule has 90 valence electrons. The Balaban J connectivity index is 1.81. The van der Waals surface area contributed by atoms with E-state index in [1.165, 1.54) is 31.6 Å². The summed E-state index contributed by atoms with van der Waals surface area (Å²) in [6.45, 7) is 4.36. The van der Waals surface area contributed by atoms with Crippen LogP contribution in [-0.4, -0.2) is 40.9 Å². The molecule has 1 aliphatic heterocycles. The van der Waals surface area contributed by atoms with Crippen molar-refractivity contribution in [3.05, 3.63) is 18.0 Å². The van der Waals surface area contributed by atoms with Crippen molar-refractivity contribution in [3.8, 4) is 0 Å². The summed E-state index contributed by atoms with van der Waals surface area (Å²) in [5.74, 6) is 0.662. The summed E-state index contributed by atoms with van der Waals surface area (Å²) in [6.07, 6.45) is 5.63. The maximum absolute atomic E-state index is 5.53. The molecule has 0 aliphatic carbocycles. The Morgan fingerprint density at radius 1 is 1.44 bits per heavy atom. The molecule has 2 heterocycles. The van der Waals surface area contributed by atoms with Crippen LogP contribution in [0.5, 0.6) is 0 Å². The number of nitrogens with two attached hydrogens (primary N) is 1. The minimum absolute atomic E-state index is 0.662. The minimum Gasteiger partial charge on any atom is -0.330 e. The molecule has 1 saturated heterocycles. The lowest BCUT2D eigenvalue weighted by Crippen LogP contribution is -2.34. The molecule has 0 radical (unpaired) electrons. The summed E-state index contributed by atoms with van der Waals surface area (Å²) in [5, 5.41) is 4.50. The van der Waals surface area contributed by atoms with Gasteiger partial charge >= 0.3 is 0 Å². The number of piperidine rings is 1. The van der Waals surface area contributed by atoms with Gasteiger partial charge in [0.05, 0.1) is 5.69 Å². The lowest BCUT2D eigenvalue weighted by molar-refractivity contribution is 0.209. The van der Waals surface area contributed by atoms with Crippen LogP contribution in [0.25, 0.3) is 0 Å². The first-order chi connectivity index (χ1) is 7.79. The van der Waals surface area contributed by atoms with Crippen LogP contribution in [0.2, 0.25) is 0 Å². The number of nitrogens with zero attached hydrogens (tertiary/aromatic N) is 3. The fourth-order valence-corrected chi connectivity index (χ4v) is 2.42. The molecule has 0 bridgehead atoms. The fourth-order valence-electron chi connectivity index (χ4n) is 2.42. The molecule has 0 saturated carbocycles. The number of hydrogen-bond donors (Lipinski definition) is 1. The topological polar surface area (TPSA) is 47.1 Å². The Labute approximate surface area is 97.4 Å². The number of aromatic nitrogens is 2. The SMILES string of the molecule is Cn1ccc(C2CCN(CCCN)CC2)n1. The van der Waals surface area contributed by atoms with E-state index in [1.807, 2.05) is 17.9 Å². The monoisotopic (exact) mass is 222 g/mol. The van der Waals surface area contributed by atoms with E-state index in [1.54, 1.807) is 0 Å². The van der Waals surface area contributed by atoms with Crippen molar-refractivity contribution in [2.75, 3.05) is 26.2 Å². The summed E-state index contributed by atoms with van der Waals surface area (Å²) in [6, 6.07) is 2.15. The average Bonchev–Trinajstić information content (AvgIpc) is 2.74. The molecule has 0 unspecified atom stereocenters. The van der Waals surface area contributed by atoms with Gasteiger partial charge in [0.1, 0.15) is 0 Å². The van der Waals surface area contributed by atoms with Gasteiger partial charge in [0.15, 0.2) is 0 Å². The van der Waals surface area contributed by atoms with Gasteiger partial charge in [-0.15, -0.1) is 0 Å². The third-order valence-corrected chi connectivity index (χ3v) is 3.42. The molecule has 1 aromatic rings. The van der Waals surface area contributed by atoms with Crippen LogP contribution in [-0.2, 0) is 7.05 Å². The summed E-state index contributed by atoms with van der Waals surface area (Å²) >= 11 is 0. The van der Waals surface area contributed by atoms with Crippen molar-refractivity contribution in [2.24, 2.45) is 12.8 Å². The third-order valence-electron chi connectivity index (χ3n) is 3.42. The van der Waals surface area contributed by atoms with Gasteiger partial charge in [-0.05, 0) is 51.5 Å². The molecule has 1 fully saturated rings. The van der Waals surface area contributed by atoms with Crippen LogP contribution < -0.4 is 5.73 Å². The van der Waals surface area contributed by atoms with Crippen molar-refractivity contribution in [2.45, 2.75) is 25.2 Å². The van der Waals surface area contributed by atoms with Crippen LogP contribution in [0.4, 0.5) is 0 Å². The predicted octanol–water partition coefficient (Wildman–Crippen LogP) is 0.948. The van der Waals surface area contributed by atoms with E-state index in [2.05, 4.69) is 16.1 Å². The van der Waals surface area contributed by atoms with E-state index >= 15 is 0 Å². The molecule has 0 spiro atoms. The van der Waals surface area contributed by atoms with Gasteiger partial charge in [-0.1, -0.05) is 0 Å². The van der Waals surface area contributed by atoms with Gasteiger partial charge in [0, 0.05) is 19.2 Å². The number of rotatable bonds is 4. The fraction of sp³-hybridized carbons (Fsp3) is 0.750. The van der Waals surface area contributed by atoms with E-state index in [0.29, 0.717) is 5.92 Å². The van der Waals surface area contributed by atoms with Crippen LogP contribution in [0.3, 0.4) is 0 Å². The first-order valence-corrected chi connectivity index (χ1v) is 6.21. The normalized spacial score (nSPS) is 19.1. The van der Waals surface area contributed by atoms with Gasteiger partial charge in [0.2, 0.25) is 0 Å². The molecule has 0 aromatic carbocycles. The van der Waals surface area contributed by atoms with Crippen LogP contribution in [0, 0.1) is 0 Å². The van der Waals surface area contributed by atoms with Gasteiger partial charge in [-0.3, -0.25) is 4.68 Å². The van der Waals surface area contributed by atoms with Crippen molar-refractivity contribution < 1.29 is 0 Å². The maximum atomic E-state index is 5.53. The zero-order valence-corrected chi connectivity index (χ0v) is 10.1. The van der Waals surface area contributed by atoms with E-state index in [9.17, 15) is 0 Å². The predicted molar refractivity (Wildman–Crippen MR) is 65.3 cm³/mol. The number of aryl methyl sites for hydroxylation is 1. The largest absolute Gasteiger partial charge is 0.330 e. The average molecular weight is 222 g/mol. The van der Waals surface area contributed by atoms with Crippen molar-refractivity contribution in [1.82, 2.24) is 14.7 Å². The summed E-state index contributed by atoms with van der Waals surface area (Å²) in [5.41, 5.74) is 6.79. The zero-order chi connectivity index (χ0) is 11.4. The van der Waals surface area contributed by atoms with E-state index in [4.69, 9.17) is 5.73 Å². The lowest BCUT2D eigenvalue weighted by Gasteiger charge is -2.31. The Morgan fingerprint density at radius 2 is 2.19 bits per heavy atom. The van der Waals surface area contributed by atoms with E-state index in [-0.39, 0.29) is 0 Å². The molecule has 0 atom stereocenters. The third kappa shape index (κ3) is 2.83.